The Morgan fingerprint density at radius 1 is 1.45 bits per heavy atom. The lowest BCUT2D eigenvalue weighted by atomic mass is 9.98. The van der Waals surface area contributed by atoms with Crippen molar-refractivity contribution < 1.29 is 14.4 Å². The van der Waals surface area contributed by atoms with Gasteiger partial charge in [0.15, 0.2) is 5.76 Å². The maximum absolute atomic E-state index is 12.0. The van der Waals surface area contributed by atoms with Gasteiger partial charge >= 0.3 is 0 Å². The van der Waals surface area contributed by atoms with Crippen molar-refractivity contribution in [2.24, 2.45) is 0 Å². The van der Waals surface area contributed by atoms with Crippen molar-refractivity contribution in [3.63, 3.8) is 0 Å². The van der Waals surface area contributed by atoms with Crippen LogP contribution >= 0.6 is 15.9 Å². The molecule has 1 aliphatic rings. The molecule has 6 nitrogen and oxygen atoms in total. The van der Waals surface area contributed by atoms with E-state index in [1.165, 1.54) is 4.90 Å². The molecular weight excluding hydrogens is 326 g/mol. The number of carbonyl (C=O) groups excluding carboxylic acids is 1. The van der Waals surface area contributed by atoms with Gasteiger partial charge in [-0.3, -0.25) is 4.79 Å². The van der Waals surface area contributed by atoms with E-state index in [9.17, 15) is 9.90 Å². The molecule has 3 heterocycles. The van der Waals surface area contributed by atoms with Crippen molar-refractivity contribution in [2.75, 3.05) is 13.6 Å². The summed E-state index contributed by atoms with van der Waals surface area (Å²) in [7, 11) is 1.65. The SMILES string of the molecule is CN1CCC(O)(c2cc(-c3cccc(Br)n3)no2)C1=O. The monoisotopic (exact) mass is 337 g/mol. The molecule has 1 unspecified atom stereocenters. The van der Waals surface area contributed by atoms with Crippen LogP contribution in [0.4, 0.5) is 0 Å². The van der Waals surface area contributed by atoms with Gasteiger partial charge in [0.25, 0.3) is 5.91 Å². The van der Waals surface area contributed by atoms with E-state index in [1.54, 1.807) is 25.2 Å². The zero-order valence-electron chi connectivity index (χ0n) is 10.7. The van der Waals surface area contributed by atoms with Crippen LogP contribution in [-0.4, -0.2) is 39.6 Å². The molecular formula is C13H12BrN3O3. The van der Waals surface area contributed by atoms with Crippen LogP contribution in [-0.2, 0) is 10.4 Å². The Bertz CT molecular complexity index is 672. The molecule has 0 aliphatic carbocycles. The van der Waals surface area contributed by atoms with Crippen LogP contribution in [0.1, 0.15) is 12.2 Å². The summed E-state index contributed by atoms with van der Waals surface area (Å²) in [6, 6.07) is 6.96. The van der Waals surface area contributed by atoms with E-state index in [-0.39, 0.29) is 11.7 Å². The number of aliphatic hydroxyl groups is 1. The second kappa shape index (κ2) is 4.68. The molecule has 7 heteroatoms. The van der Waals surface area contributed by atoms with E-state index in [0.29, 0.717) is 29.0 Å². The number of halogens is 1. The number of likely N-dealkylation sites (N-methyl/N-ethyl adjacent to an activating group) is 1. The van der Waals surface area contributed by atoms with Crippen LogP contribution < -0.4 is 0 Å². The molecule has 3 rings (SSSR count). The summed E-state index contributed by atoms with van der Waals surface area (Å²) in [4.78, 5) is 17.7. The minimum Gasteiger partial charge on any atom is -0.373 e. The van der Waals surface area contributed by atoms with Gasteiger partial charge in [-0.1, -0.05) is 11.2 Å². The minimum atomic E-state index is -1.62. The molecule has 0 spiro atoms. The number of hydrogen-bond donors (Lipinski definition) is 1. The summed E-state index contributed by atoms with van der Waals surface area (Å²) < 4.78 is 5.84. The van der Waals surface area contributed by atoms with Crippen molar-refractivity contribution >= 4 is 21.8 Å². The lowest BCUT2D eigenvalue weighted by Crippen LogP contribution is -2.35. The highest BCUT2D eigenvalue weighted by atomic mass is 79.9. The second-order valence-corrected chi connectivity index (χ2v) is 5.57. The fraction of sp³-hybridized carbons (Fsp3) is 0.308. The number of aromatic nitrogens is 2. The number of rotatable bonds is 2. The topological polar surface area (TPSA) is 79.5 Å². The van der Waals surface area contributed by atoms with Crippen LogP contribution in [0.15, 0.2) is 33.4 Å². The van der Waals surface area contributed by atoms with Gasteiger partial charge in [-0.05, 0) is 28.1 Å². The van der Waals surface area contributed by atoms with Crippen LogP contribution in [0.3, 0.4) is 0 Å². The summed E-state index contributed by atoms with van der Waals surface area (Å²) in [5, 5.41) is 14.3. The number of hydrogen-bond acceptors (Lipinski definition) is 5. The molecule has 0 aromatic carbocycles. The quantitative estimate of drug-likeness (QED) is 0.841. The first kappa shape index (κ1) is 13.3. The zero-order valence-corrected chi connectivity index (χ0v) is 12.3. The highest BCUT2D eigenvalue weighted by molar-refractivity contribution is 9.10. The maximum atomic E-state index is 12.0. The van der Waals surface area contributed by atoms with Gasteiger partial charge in [-0.2, -0.15) is 0 Å². The number of likely N-dealkylation sites (tertiary alicyclic amines) is 1. The van der Waals surface area contributed by atoms with Gasteiger partial charge in [-0.25, -0.2) is 4.98 Å². The largest absolute Gasteiger partial charge is 0.373 e. The van der Waals surface area contributed by atoms with Gasteiger partial charge in [0, 0.05) is 26.1 Å². The third-order valence-electron chi connectivity index (χ3n) is 3.40. The normalized spacial score (nSPS) is 22.6. The molecule has 1 N–H and O–H groups in total. The zero-order chi connectivity index (χ0) is 14.3. The van der Waals surface area contributed by atoms with Gasteiger partial charge in [0.2, 0.25) is 5.60 Å². The Kier molecular flexibility index (Phi) is 3.10. The average Bonchev–Trinajstić information content (AvgIpc) is 3.02. The van der Waals surface area contributed by atoms with E-state index in [4.69, 9.17) is 4.52 Å². The Morgan fingerprint density at radius 3 is 2.90 bits per heavy atom. The lowest BCUT2D eigenvalue weighted by Gasteiger charge is -2.16. The molecule has 1 atom stereocenters. The first-order valence-corrected chi connectivity index (χ1v) is 6.88. The molecule has 104 valence electrons. The standard InChI is InChI=1S/C13H12BrN3O3/c1-17-6-5-13(19,12(17)18)10-7-9(16-20-10)8-3-2-4-11(14)15-8/h2-4,7,19H,5-6H2,1H3. The molecule has 0 radical (unpaired) electrons. The minimum absolute atomic E-state index is 0.156. The fourth-order valence-corrected chi connectivity index (χ4v) is 2.57. The average molecular weight is 338 g/mol. The van der Waals surface area contributed by atoms with E-state index < -0.39 is 5.60 Å². The summed E-state index contributed by atoms with van der Waals surface area (Å²) in [6.45, 7) is 0.487. The fourth-order valence-electron chi connectivity index (χ4n) is 2.22. The molecule has 2 aromatic heterocycles. The molecule has 2 aromatic rings. The van der Waals surface area contributed by atoms with E-state index in [2.05, 4.69) is 26.1 Å². The van der Waals surface area contributed by atoms with Gasteiger partial charge in [0.05, 0.1) is 5.69 Å². The lowest BCUT2D eigenvalue weighted by molar-refractivity contribution is -0.144. The van der Waals surface area contributed by atoms with Crippen molar-refractivity contribution in [1.29, 1.82) is 0 Å². The van der Waals surface area contributed by atoms with E-state index >= 15 is 0 Å². The van der Waals surface area contributed by atoms with Crippen molar-refractivity contribution in [2.45, 2.75) is 12.0 Å². The van der Waals surface area contributed by atoms with Crippen LogP contribution in [0.2, 0.25) is 0 Å². The van der Waals surface area contributed by atoms with Crippen molar-refractivity contribution in [1.82, 2.24) is 15.0 Å². The third-order valence-corrected chi connectivity index (χ3v) is 3.85. The Morgan fingerprint density at radius 2 is 2.25 bits per heavy atom. The number of pyridine rings is 1. The molecule has 0 bridgehead atoms. The predicted octanol–water partition coefficient (Wildman–Crippen LogP) is 1.55. The summed E-state index contributed by atoms with van der Waals surface area (Å²) in [6.07, 6.45) is 0.295. The van der Waals surface area contributed by atoms with Gasteiger partial charge in [0.1, 0.15) is 10.3 Å². The molecule has 1 amide bonds. The van der Waals surface area contributed by atoms with Crippen molar-refractivity contribution in [3.8, 4) is 11.4 Å². The highest BCUT2D eigenvalue weighted by Crippen LogP contribution is 2.34. The molecule has 1 aliphatic heterocycles. The third kappa shape index (κ3) is 2.03. The first-order valence-electron chi connectivity index (χ1n) is 6.09. The Labute approximate surface area is 123 Å². The Balaban J connectivity index is 1.97. The highest BCUT2D eigenvalue weighted by Gasteiger charge is 2.48. The predicted molar refractivity (Wildman–Crippen MR) is 73.6 cm³/mol. The molecule has 1 saturated heterocycles. The second-order valence-electron chi connectivity index (χ2n) is 4.76. The van der Waals surface area contributed by atoms with Crippen molar-refractivity contribution in [3.05, 3.63) is 34.6 Å². The van der Waals surface area contributed by atoms with E-state index in [0.717, 1.165) is 0 Å². The molecule has 0 saturated carbocycles. The number of carbonyl (C=O) groups is 1. The van der Waals surface area contributed by atoms with E-state index in [1.807, 2.05) is 6.07 Å². The molecule has 20 heavy (non-hydrogen) atoms. The maximum Gasteiger partial charge on any atom is 0.262 e. The smallest absolute Gasteiger partial charge is 0.262 e. The van der Waals surface area contributed by atoms with Crippen LogP contribution in [0.25, 0.3) is 11.4 Å². The van der Waals surface area contributed by atoms with Gasteiger partial charge < -0.3 is 14.5 Å². The van der Waals surface area contributed by atoms with Crippen LogP contribution in [0.5, 0.6) is 0 Å². The number of amides is 1. The summed E-state index contributed by atoms with van der Waals surface area (Å²) in [5.41, 5.74) is -0.528. The molecule has 1 fully saturated rings. The first-order chi connectivity index (χ1) is 9.50. The van der Waals surface area contributed by atoms with Crippen LogP contribution in [0, 0.1) is 0 Å². The number of nitrogens with zero attached hydrogens (tertiary/aromatic N) is 3. The Hall–Kier alpha value is -1.73. The van der Waals surface area contributed by atoms with Gasteiger partial charge in [-0.15, -0.1) is 0 Å². The summed E-state index contributed by atoms with van der Waals surface area (Å²) >= 11 is 3.28. The summed E-state index contributed by atoms with van der Waals surface area (Å²) in [5.74, 6) is -0.217.